The molecule has 0 aliphatic heterocycles. The Hall–Kier alpha value is -2.22. The quantitative estimate of drug-likeness (QED) is 0.414. The van der Waals surface area contributed by atoms with Crippen molar-refractivity contribution in [3.05, 3.63) is 59.7 Å². The van der Waals surface area contributed by atoms with Crippen LogP contribution in [0.2, 0.25) is 0 Å². The fourth-order valence-corrected chi connectivity index (χ4v) is 2.59. The van der Waals surface area contributed by atoms with Gasteiger partial charge in [0.15, 0.2) is 6.23 Å². The minimum atomic E-state index is -0.658. The maximum absolute atomic E-state index is 13.5. The fraction of sp³-hybridized carbons (Fsp3) is 0.455. The Morgan fingerprint density at radius 1 is 0.931 bits per heavy atom. The second-order valence-electron chi connectivity index (χ2n) is 7.02. The van der Waals surface area contributed by atoms with Crippen molar-refractivity contribution in [3.8, 4) is 11.5 Å². The predicted octanol–water partition coefficient (Wildman–Crippen LogP) is 3.69. The zero-order valence-electron chi connectivity index (χ0n) is 17.0. The molecule has 2 N–H and O–H groups in total. The lowest BCUT2D eigenvalue weighted by atomic mass is 10.1. The molecule has 2 aromatic carbocycles. The molecule has 0 aliphatic carbocycles. The second kappa shape index (κ2) is 11.7. The third kappa shape index (κ3) is 8.35. The average Bonchev–Trinajstić information content (AvgIpc) is 2.66. The zero-order chi connectivity index (χ0) is 21.2. The highest BCUT2D eigenvalue weighted by atomic mass is 19.1. The van der Waals surface area contributed by atoms with Crippen molar-refractivity contribution < 1.29 is 28.1 Å². The minimum absolute atomic E-state index is 0.178. The van der Waals surface area contributed by atoms with Gasteiger partial charge in [0.1, 0.15) is 35.8 Å². The van der Waals surface area contributed by atoms with Gasteiger partial charge in [-0.1, -0.05) is 6.07 Å². The summed E-state index contributed by atoms with van der Waals surface area (Å²) < 4.78 is 43.2. The number of halogens is 2. The van der Waals surface area contributed by atoms with Gasteiger partial charge in [-0.3, -0.25) is 5.32 Å². The van der Waals surface area contributed by atoms with Gasteiger partial charge in [-0.05, 0) is 63.1 Å². The molecule has 0 spiro atoms. The van der Waals surface area contributed by atoms with Gasteiger partial charge >= 0.3 is 0 Å². The van der Waals surface area contributed by atoms with Crippen LogP contribution >= 0.6 is 0 Å². The molecular formula is C22H29F2NO4. The number of aliphatic hydroxyl groups excluding tert-OH is 1. The summed E-state index contributed by atoms with van der Waals surface area (Å²) in [6, 6.07) is 10.8. The Kier molecular flexibility index (Phi) is 9.31. The SMILES string of the molecule is CC(C)NC(Oc1ccc(OCCOCCc2ccc(F)cc2F)cc1)C(C)O. The number of benzene rings is 2. The first kappa shape index (κ1) is 23.1. The van der Waals surface area contributed by atoms with Crippen molar-refractivity contribution in [2.24, 2.45) is 0 Å². The highest BCUT2D eigenvalue weighted by Crippen LogP contribution is 2.19. The summed E-state index contributed by atoms with van der Waals surface area (Å²) >= 11 is 0. The maximum atomic E-state index is 13.5. The van der Waals surface area contributed by atoms with Crippen molar-refractivity contribution in [2.45, 2.75) is 45.6 Å². The molecule has 5 nitrogen and oxygen atoms in total. The molecule has 7 heteroatoms. The monoisotopic (exact) mass is 409 g/mol. The van der Waals surface area contributed by atoms with Gasteiger partial charge in [0.2, 0.25) is 0 Å². The van der Waals surface area contributed by atoms with E-state index in [2.05, 4.69) is 5.32 Å². The summed E-state index contributed by atoms with van der Waals surface area (Å²) in [7, 11) is 0. The molecule has 2 rings (SSSR count). The van der Waals surface area contributed by atoms with E-state index < -0.39 is 24.0 Å². The number of hydrogen-bond acceptors (Lipinski definition) is 5. The van der Waals surface area contributed by atoms with E-state index in [4.69, 9.17) is 14.2 Å². The van der Waals surface area contributed by atoms with Crippen molar-refractivity contribution in [2.75, 3.05) is 19.8 Å². The molecule has 0 fully saturated rings. The summed E-state index contributed by atoms with van der Waals surface area (Å²) in [4.78, 5) is 0. The third-order valence-electron chi connectivity index (χ3n) is 4.05. The van der Waals surface area contributed by atoms with Crippen molar-refractivity contribution >= 4 is 0 Å². The average molecular weight is 409 g/mol. The van der Waals surface area contributed by atoms with Crippen molar-refractivity contribution in [1.82, 2.24) is 5.32 Å². The molecule has 29 heavy (non-hydrogen) atoms. The van der Waals surface area contributed by atoms with Gasteiger partial charge in [0.25, 0.3) is 0 Å². The normalized spacial score (nSPS) is 13.3. The molecule has 0 aliphatic rings. The van der Waals surface area contributed by atoms with Crippen LogP contribution in [0, 0.1) is 11.6 Å². The van der Waals surface area contributed by atoms with E-state index in [9.17, 15) is 13.9 Å². The van der Waals surface area contributed by atoms with Crippen LogP contribution in [-0.2, 0) is 11.2 Å². The first-order valence-electron chi connectivity index (χ1n) is 9.70. The molecule has 160 valence electrons. The molecule has 0 aromatic heterocycles. The van der Waals surface area contributed by atoms with Crippen LogP contribution in [0.1, 0.15) is 26.3 Å². The van der Waals surface area contributed by atoms with E-state index in [1.54, 1.807) is 31.2 Å². The zero-order valence-corrected chi connectivity index (χ0v) is 17.0. The summed E-state index contributed by atoms with van der Waals surface area (Å²) in [5.74, 6) is 0.132. The molecule has 0 amide bonds. The smallest absolute Gasteiger partial charge is 0.176 e. The molecule has 2 atom stereocenters. The second-order valence-corrected chi connectivity index (χ2v) is 7.02. The van der Waals surface area contributed by atoms with E-state index in [1.165, 1.54) is 12.1 Å². The lowest BCUT2D eigenvalue weighted by Gasteiger charge is -2.25. The molecule has 0 radical (unpaired) electrons. The van der Waals surface area contributed by atoms with Gasteiger partial charge < -0.3 is 19.3 Å². The standard InChI is InChI=1S/C22H29F2NO4/c1-15(2)25-22(16(3)26)29-20-8-6-19(7-9-20)28-13-12-27-11-10-17-4-5-18(23)14-21(17)24/h4-9,14-16,22,25-26H,10-13H2,1-3H3. The molecule has 2 aromatic rings. The van der Waals surface area contributed by atoms with E-state index in [0.717, 1.165) is 6.07 Å². The van der Waals surface area contributed by atoms with Crippen LogP contribution in [-0.4, -0.2) is 43.3 Å². The molecule has 2 unspecified atom stereocenters. The highest BCUT2D eigenvalue weighted by molar-refractivity contribution is 5.31. The summed E-state index contributed by atoms with van der Waals surface area (Å²) in [6.45, 7) is 6.65. The maximum Gasteiger partial charge on any atom is 0.176 e. The van der Waals surface area contributed by atoms with E-state index in [1.807, 2.05) is 13.8 Å². The fourth-order valence-electron chi connectivity index (χ4n) is 2.59. The topological polar surface area (TPSA) is 60.0 Å². The molecule has 0 saturated carbocycles. The van der Waals surface area contributed by atoms with Crippen LogP contribution in [0.4, 0.5) is 8.78 Å². The Bertz CT molecular complexity index is 738. The molecule has 0 heterocycles. The van der Waals surface area contributed by atoms with Crippen molar-refractivity contribution in [1.29, 1.82) is 0 Å². The highest BCUT2D eigenvalue weighted by Gasteiger charge is 2.17. The first-order valence-corrected chi connectivity index (χ1v) is 9.70. The number of nitrogens with one attached hydrogen (secondary N) is 1. The molecule has 0 saturated heterocycles. The van der Waals surface area contributed by atoms with Gasteiger partial charge in [-0.15, -0.1) is 0 Å². The Labute approximate surface area is 170 Å². The van der Waals surface area contributed by atoms with Crippen LogP contribution in [0.5, 0.6) is 11.5 Å². The number of hydrogen-bond donors (Lipinski definition) is 2. The Morgan fingerprint density at radius 2 is 1.62 bits per heavy atom. The molecular weight excluding hydrogens is 380 g/mol. The van der Waals surface area contributed by atoms with Gasteiger partial charge in [-0.2, -0.15) is 0 Å². The minimum Gasteiger partial charge on any atom is -0.491 e. The lowest BCUT2D eigenvalue weighted by molar-refractivity contribution is 0.0218. The lowest BCUT2D eigenvalue weighted by Crippen LogP contribution is -2.46. The number of rotatable bonds is 12. The van der Waals surface area contributed by atoms with Crippen LogP contribution < -0.4 is 14.8 Å². The molecule has 0 bridgehead atoms. The van der Waals surface area contributed by atoms with Gasteiger partial charge in [-0.25, -0.2) is 8.78 Å². The van der Waals surface area contributed by atoms with Crippen molar-refractivity contribution in [3.63, 3.8) is 0 Å². The summed E-state index contributed by atoms with van der Waals surface area (Å²) in [5, 5.41) is 13.0. The van der Waals surface area contributed by atoms with Crippen LogP contribution in [0.3, 0.4) is 0 Å². The number of ether oxygens (including phenoxy) is 3. The Balaban J connectivity index is 1.68. The van der Waals surface area contributed by atoms with E-state index in [-0.39, 0.29) is 6.04 Å². The van der Waals surface area contributed by atoms with E-state index in [0.29, 0.717) is 43.3 Å². The first-order chi connectivity index (χ1) is 13.8. The van der Waals surface area contributed by atoms with Crippen LogP contribution in [0.15, 0.2) is 42.5 Å². The number of aliphatic hydroxyl groups is 1. The Morgan fingerprint density at radius 3 is 2.24 bits per heavy atom. The summed E-state index contributed by atoms with van der Waals surface area (Å²) in [5.41, 5.74) is 0.422. The largest absolute Gasteiger partial charge is 0.491 e. The van der Waals surface area contributed by atoms with Gasteiger partial charge in [0, 0.05) is 12.1 Å². The third-order valence-corrected chi connectivity index (χ3v) is 4.05. The van der Waals surface area contributed by atoms with E-state index >= 15 is 0 Å². The van der Waals surface area contributed by atoms with Gasteiger partial charge in [0.05, 0.1) is 13.2 Å². The van der Waals surface area contributed by atoms with Crippen LogP contribution in [0.25, 0.3) is 0 Å². The summed E-state index contributed by atoms with van der Waals surface area (Å²) in [6.07, 6.45) is -0.789. The predicted molar refractivity (Wildman–Crippen MR) is 107 cm³/mol.